The molecule has 1 aromatic carbocycles. The van der Waals surface area contributed by atoms with E-state index in [1.807, 2.05) is 0 Å². The van der Waals surface area contributed by atoms with Gasteiger partial charge in [0, 0.05) is 10.2 Å². The molecular weight excluding hydrogens is 272 g/mol. The maximum atomic E-state index is 12.0. The second-order valence-corrected chi connectivity index (χ2v) is 3.66. The van der Waals surface area contributed by atoms with E-state index in [0.29, 0.717) is 10.2 Å². The van der Waals surface area contributed by atoms with Crippen LogP contribution in [-0.2, 0) is 0 Å². The van der Waals surface area contributed by atoms with E-state index in [0.717, 1.165) is 0 Å². The molecule has 0 heterocycles. The number of ether oxygens (including phenoxy) is 1. The molecule has 2 N–H and O–H groups in total. The van der Waals surface area contributed by atoms with Crippen LogP contribution in [0.2, 0.25) is 0 Å². The molecule has 0 aliphatic rings. The monoisotopic (exact) mass is 279 g/mol. The summed E-state index contributed by atoms with van der Waals surface area (Å²) in [4.78, 5) is 11.1. The number of rotatable bonds is 3. The molecule has 3 nitrogen and oxygen atoms in total. The van der Waals surface area contributed by atoms with Gasteiger partial charge < -0.3 is 10.5 Å². The molecule has 0 unspecified atom stereocenters. The zero-order chi connectivity index (χ0) is 11.6. The van der Waals surface area contributed by atoms with Crippen molar-refractivity contribution >= 4 is 27.4 Å². The third kappa shape index (κ3) is 2.89. The molecule has 0 saturated heterocycles. The van der Waals surface area contributed by atoms with E-state index in [-0.39, 0.29) is 17.1 Å². The summed E-state index contributed by atoms with van der Waals surface area (Å²) in [5, 5.41) is 0. The van der Waals surface area contributed by atoms with Crippen LogP contribution in [0.15, 0.2) is 16.6 Å². The van der Waals surface area contributed by atoms with Crippen LogP contribution in [0.1, 0.15) is 17.3 Å². The largest absolute Gasteiger partial charge is 0.434 e. The summed E-state index contributed by atoms with van der Waals surface area (Å²) in [6.07, 6.45) is 0. The second kappa shape index (κ2) is 4.57. The van der Waals surface area contributed by atoms with Gasteiger partial charge in [-0.05, 0) is 35.0 Å². The number of halogens is 3. The number of Topliss-reactive ketones (excluding diaryl/α,β-unsaturated/α-hetero) is 1. The molecule has 0 atom stereocenters. The SMILES string of the molecule is CC(=O)c1cc(N)c(Br)cc1OC(F)F. The fraction of sp³-hybridized carbons (Fsp3) is 0.222. The van der Waals surface area contributed by atoms with Crippen molar-refractivity contribution in [3.63, 3.8) is 0 Å². The normalized spacial score (nSPS) is 10.5. The van der Waals surface area contributed by atoms with E-state index < -0.39 is 6.61 Å². The van der Waals surface area contributed by atoms with Crippen molar-refractivity contribution < 1.29 is 18.3 Å². The van der Waals surface area contributed by atoms with Crippen molar-refractivity contribution in [3.05, 3.63) is 22.2 Å². The summed E-state index contributed by atoms with van der Waals surface area (Å²) in [5.74, 6) is -0.566. The van der Waals surface area contributed by atoms with Gasteiger partial charge >= 0.3 is 6.61 Å². The Hall–Kier alpha value is -1.17. The zero-order valence-electron chi connectivity index (χ0n) is 7.76. The number of carbonyl (C=O) groups excluding carboxylic acids is 1. The minimum atomic E-state index is -2.97. The molecule has 0 spiro atoms. The minimum Gasteiger partial charge on any atom is -0.434 e. The minimum absolute atomic E-state index is 0.0380. The number of hydrogen-bond donors (Lipinski definition) is 1. The van der Waals surface area contributed by atoms with E-state index in [4.69, 9.17) is 5.73 Å². The maximum absolute atomic E-state index is 12.0. The van der Waals surface area contributed by atoms with Crippen molar-refractivity contribution in [3.8, 4) is 5.75 Å². The first-order valence-corrected chi connectivity index (χ1v) is 4.76. The molecule has 0 aliphatic carbocycles. The van der Waals surface area contributed by atoms with Crippen molar-refractivity contribution in [1.82, 2.24) is 0 Å². The molecule has 15 heavy (non-hydrogen) atoms. The topological polar surface area (TPSA) is 52.3 Å². The van der Waals surface area contributed by atoms with Crippen LogP contribution in [0, 0.1) is 0 Å². The van der Waals surface area contributed by atoms with Gasteiger partial charge in [-0.2, -0.15) is 8.78 Å². The third-order valence-electron chi connectivity index (χ3n) is 1.69. The first-order valence-electron chi connectivity index (χ1n) is 3.96. The van der Waals surface area contributed by atoms with Crippen molar-refractivity contribution in [2.75, 3.05) is 5.73 Å². The van der Waals surface area contributed by atoms with Gasteiger partial charge in [0.1, 0.15) is 5.75 Å². The number of benzene rings is 1. The molecule has 6 heteroatoms. The smallest absolute Gasteiger partial charge is 0.387 e. The lowest BCUT2D eigenvalue weighted by molar-refractivity contribution is -0.0501. The highest BCUT2D eigenvalue weighted by Crippen LogP contribution is 2.30. The molecule has 0 fully saturated rings. The number of ketones is 1. The first kappa shape index (κ1) is 11.9. The second-order valence-electron chi connectivity index (χ2n) is 2.80. The zero-order valence-corrected chi connectivity index (χ0v) is 9.35. The molecule has 0 saturated carbocycles. The van der Waals surface area contributed by atoms with Crippen LogP contribution in [0.25, 0.3) is 0 Å². The molecular formula is C9H8BrF2NO2. The molecule has 1 rings (SSSR count). The van der Waals surface area contributed by atoms with E-state index in [9.17, 15) is 13.6 Å². The van der Waals surface area contributed by atoms with E-state index in [1.54, 1.807) is 0 Å². The lowest BCUT2D eigenvalue weighted by Crippen LogP contribution is -2.07. The van der Waals surface area contributed by atoms with E-state index in [2.05, 4.69) is 20.7 Å². The fourth-order valence-electron chi connectivity index (χ4n) is 1.04. The fourth-order valence-corrected chi connectivity index (χ4v) is 1.36. The van der Waals surface area contributed by atoms with Crippen molar-refractivity contribution in [1.29, 1.82) is 0 Å². The molecule has 0 radical (unpaired) electrons. The highest BCUT2D eigenvalue weighted by Gasteiger charge is 2.15. The number of nitrogens with two attached hydrogens (primary N) is 1. The van der Waals surface area contributed by atoms with Gasteiger partial charge in [-0.1, -0.05) is 0 Å². The maximum Gasteiger partial charge on any atom is 0.387 e. The Morgan fingerprint density at radius 1 is 1.53 bits per heavy atom. The van der Waals surface area contributed by atoms with Gasteiger partial charge in [0.05, 0.1) is 5.56 Å². The van der Waals surface area contributed by atoms with Crippen LogP contribution in [0.3, 0.4) is 0 Å². The Bertz CT molecular complexity index is 396. The number of hydrogen-bond acceptors (Lipinski definition) is 3. The van der Waals surface area contributed by atoms with Crippen LogP contribution in [-0.4, -0.2) is 12.4 Å². The molecule has 0 amide bonds. The predicted octanol–water partition coefficient (Wildman–Crippen LogP) is 2.84. The lowest BCUT2D eigenvalue weighted by Gasteiger charge is -2.10. The van der Waals surface area contributed by atoms with E-state index >= 15 is 0 Å². The lowest BCUT2D eigenvalue weighted by atomic mass is 10.1. The van der Waals surface area contributed by atoms with Crippen molar-refractivity contribution in [2.45, 2.75) is 13.5 Å². The van der Waals surface area contributed by atoms with Gasteiger partial charge in [-0.25, -0.2) is 0 Å². The summed E-state index contributed by atoms with van der Waals surface area (Å²) < 4.78 is 28.6. The highest BCUT2D eigenvalue weighted by atomic mass is 79.9. The summed E-state index contributed by atoms with van der Waals surface area (Å²) in [6.45, 7) is -1.72. The third-order valence-corrected chi connectivity index (χ3v) is 2.38. The van der Waals surface area contributed by atoms with Gasteiger partial charge in [0.2, 0.25) is 0 Å². The first-order chi connectivity index (χ1) is 6.91. The van der Waals surface area contributed by atoms with Gasteiger partial charge in [-0.15, -0.1) is 0 Å². The number of alkyl halides is 2. The molecule has 0 aliphatic heterocycles. The van der Waals surface area contributed by atoms with Crippen molar-refractivity contribution in [2.24, 2.45) is 0 Å². The van der Waals surface area contributed by atoms with Gasteiger partial charge in [-0.3, -0.25) is 4.79 Å². The summed E-state index contributed by atoms with van der Waals surface area (Å²) in [5.41, 5.74) is 5.85. The van der Waals surface area contributed by atoms with Crippen LogP contribution in [0.5, 0.6) is 5.75 Å². The van der Waals surface area contributed by atoms with E-state index in [1.165, 1.54) is 19.1 Å². The predicted molar refractivity (Wildman–Crippen MR) is 55.2 cm³/mol. The highest BCUT2D eigenvalue weighted by molar-refractivity contribution is 9.10. The summed E-state index contributed by atoms with van der Waals surface area (Å²) in [7, 11) is 0. The Labute approximate surface area is 93.3 Å². The Morgan fingerprint density at radius 2 is 2.13 bits per heavy atom. The molecule has 0 bridgehead atoms. The summed E-state index contributed by atoms with van der Waals surface area (Å²) in [6, 6.07) is 2.54. The number of anilines is 1. The standard InChI is InChI=1S/C9H8BrF2NO2/c1-4(14)5-2-7(13)6(10)3-8(5)15-9(11)12/h2-3,9H,13H2,1H3. The average molecular weight is 280 g/mol. The molecule has 82 valence electrons. The molecule has 1 aromatic rings. The average Bonchev–Trinajstić information content (AvgIpc) is 2.09. The number of nitrogen functional groups attached to an aromatic ring is 1. The Kier molecular flexibility index (Phi) is 3.62. The molecule has 0 aromatic heterocycles. The number of carbonyl (C=O) groups is 1. The Balaban J connectivity index is 3.22. The Morgan fingerprint density at radius 3 is 2.60 bits per heavy atom. The summed E-state index contributed by atoms with van der Waals surface area (Å²) >= 11 is 3.06. The van der Waals surface area contributed by atoms with Gasteiger partial charge in [0.25, 0.3) is 0 Å². The van der Waals surface area contributed by atoms with Crippen LogP contribution < -0.4 is 10.5 Å². The quantitative estimate of drug-likeness (QED) is 0.684. The van der Waals surface area contributed by atoms with Crippen LogP contribution in [0.4, 0.5) is 14.5 Å². The van der Waals surface area contributed by atoms with Crippen LogP contribution >= 0.6 is 15.9 Å². The van der Waals surface area contributed by atoms with Gasteiger partial charge in [0.15, 0.2) is 5.78 Å².